The number of hydrogen-bond acceptors (Lipinski definition) is 6. The van der Waals surface area contributed by atoms with Gasteiger partial charge in [0.25, 0.3) is 0 Å². The summed E-state index contributed by atoms with van der Waals surface area (Å²) in [6.07, 6.45) is 0.696. The number of rotatable bonds is 9. The Kier molecular flexibility index (Phi) is 6.89. The van der Waals surface area contributed by atoms with Gasteiger partial charge in [0, 0.05) is 25.9 Å². The van der Waals surface area contributed by atoms with Gasteiger partial charge in [-0.1, -0.05) is 11.8 Å². The van der Waals surface area contributed by atoms with E-state index in [1.54, 1.807) is 38.5 Å². The molecule has 0 aliphatic rings. The molecule has 1 amide bonds. The molecule has 130 valence electrons. The van der Waals surface area contributed by atoms with E-state index in [0.717, 1.165) is 5.75 Å². The highest BCUT2D eigenvalue weighted by atomic mass is 32.2. The van der Waals surface area contributed by atoms with Gasteiger partial charge in [-0.05, 0) is 30.7 Å². The Balaban J connectivity index is 1.88. The fourth-order valence-electron chi connectivity index (χ4n) is 1.98. The van der Waals surface area contributed by atoms with Gasteiger partial charge in [-0.3, -0.25) is 9.36 Å². The first kappa shape index (κ1) is 18.1. The summed E-state index contributed by atoms with van der Waals surface area (Å²) in [6.45, 7) is 1.05. The zero-order valence-corrected chi connectivity index (χ0v) is 14.4. The van der Waals surface area contributed by atoms with E-state index in [1.807, 2.05) is 0 Å². The van der Waals surface area contributed by atoms with Crippen LogP contribution in [0.3, 0.4) is 0 Å². The summed E-state index contributed by atoms with van der Waals surface area (Å²) in [7, 11) is 3.19. The molecule has 0 atom stereocenters. The first-order chi connectivity index (χ1) is 11.6. The number of H-pyrrole nitrogens is 1. The van der Waals surface area contributed by atoms with E-state index >= 15 is 0 Å². The number of amides is 1. The number of nitrogens with zero attached hydrogens (tertiary/aromatic N) is 2. The van der Waals surface area contributed by atoms with Crippen molar-refractivity contribution < 1.29 is 14.3 Å². The Bertz CT molecular complexity index is 711. The van der Waals surface area contributed by atoms with E-state index in [4.69, 9.17) is 9.47 Å². The van der Waals surface area contributed by atoms with Gasteiger partial charge >= 0.3 is 5.69 Å². The first-order valence-electron chi connectivity index (χ1n) is 7.35. The van der Waals surface area contributed by atoms with Crippen molar-refractivity contribution in [3.8, 4) is 5.75 Å². The molecular formula is C15H20N4O4S. The van der Waals surface area contributed by atoms with Crippen LogP contribution in [0, 0.1) is 0 Å². The normalized spacial score (nSPS) is 10.6. The van der Waals surface area contributed by atoms with Gasteiger partial charge in [0.2, 0.25) is 5.91 Å². The van der Waals surface area contributed by atoms with E-state index in [1.165, 1.54) is 16.3 Å². The third-order valence-electron chi connectivity index (χ3n) is 3.16. The number of thioether (sulfide) groups is 1. The first-order valence-corrected chi connectivity index (χ1v) is 8.33. The van der Waals surface area contributed by atoms with Gasteiger partial charge in [-0.2, -0.15) is 0 Å². The van der Waals surface area contributed by atoms with E-state index in [0.29, 0.717) is 30.4 Å². The van der Waals surface area contributed by atoms with Crippen LogP contribution in [0.25, 0.3) is 0 Å². The standard InChI is InChI=1S/C15H20N4O4S/c1-22-9-3-8-19-14(21)17-18-15(19)24-10-13(20)16-11-4-6-12(23-2)7-5-11/h4-7H,3,8-10H2,1-2H3,(H,16,20)(H,17,21). The molecule has 1 aromatic carbocycles. The molecule has 0 saturated carbocycles. The second kappa shape index (κ2) is 9.14. The predicted octanol–water partition coefficient (Wildman–Crippen LogP) is 1.35. The summed E-state index contributed by atoms with van der Waals surface area (Å²) >= 11 is 1.20. The van der Waals surface area contributed by atoms with Crippen molar-refractivity contribution in [2.75, 3.05) is 31.9 Å². The van der Waals surface area contributed by atoms with Crippen LogP contribution < -0.4 is 15.7 Å². The maximum Gasteiger partial charge on any atom is 0.343 e. The molecule has 8 nitrogen and oxygen atoms in total. The van der Waals surface area contributed by atoms with Gasteiger partial charge in [0.1, 0.15) is 5.75 Å². The molecule has 9 heteroatoms. The number of aromatic nitrogens is 3. The number of carbonyl (C=O) groups excluding carboxylic acids is 1. The van der Waals surface area contributed by atoms with Crippen LogP contribution in [-0.4, -0.2) is 47.3 Å². The summed E-state index contributed by atoms with van der Waals surface area (Å²) in [4.78, 5) is 23.7. The monoisotopic (exact) mass is 352 g/mol. The lowest BCUT2D eigenvalue weighted by molar-refractivity contribution is -0.113. The third kappa shape index (κ3) is 5.14. The topological polar surface area (TPSA) is 98.2 Å². The summed E-state index contributed by atoms with van der Waals surface area (Å²) < 4.78 is 11.5. The van der Waals surface area contributed by atoms with Gasteiger partial charge in [-0.25, -0.2) is 9.89 Å². The lowest BCUT2D eigenvalue weighted by Crippen LogP contribution is -2.19. The molecule has 0 aliphatic carbocycles. The molecule has 2 N–H and O–H groups in total. The van der Waals surface area contributed by atoms with Crippen LogP contribution in [0.2, 0.25) is 0 Å². The highest BCUT2D eigenvalue weighted by molar-refractivity contribution is 7.99. The number of aromatic amines is 1. The fourth-order valence-corrected chi connectivity index (χ4v) is 2.75. The molecule has 0 unspecified atom stereocenters. The summed E-state index contributed by atoms with van der Waals surface area (Å²) in [5.74, 6) is 0.698. The number of benzene rings is 1. The minimum absolute atomic E-state index is 0.153. The second-order valence-electron chi connectivity index (χ2n) is 4.87. The Morgan fingerprint density at radius 3 is 2.75 bits per heavy atom. The van der Waals surface area contributed by atoms with Gasteiger partial charge in [-0.15, -0.1) is 5.10 Å². The molecule has 0 fully saturated rings. The molecule has 0 spiro atoms. The third-order valence-corrected chi connectivity index (χ3v) is 4.14. The molecule has 0 saturated heterocycles. The Hall–Kier alpha value is -2.26. The average Bonchev–Trinajstić information content (AvgIpc) is 2.94. The Morgan fingerprint density at radius 2 is 2.08 bits per heavy atom. The molecule has 0 aliphatic heterocycles. The van der Waals surface area contributed by atoms with Crippen molar-refractivity contribution in [2.24, 2.45) is 0 Å². The Morgan fingerprint density at radius 1 is 1.33 bits per heavy atom. The zero-order chi connectivity index (χ0) is 17.4. The Labute approximate surface area is 143 Å². The second-order valence-corrected chi connectivity index (χ2v) is 5.82. The molecule has 2 aromatic rings. The number of anilines is 1. The van der Waals surface area contributed by atoms with Gasteiger partial charge < -0.3 is 14.8 Å². The molecule has 24 heavy (non-hydrogen) atoms. The fraction of sp³-hybridized carbons (Fsp3) is 0.400. The maximum atomic E-state index is 12.0. The van der Waals surface area contributed by atoms with Gasteiger partial charge in [0.15, 0.2) is 5.16 Å². The van der Waals surface area contributed by atoms with Crippen LogP contribution in [-0.2, 0) is 16.1 Å². The van der Waals surface area contributed by atoms with Crippen molar-refractivity contribution in [1.82, 2.24) is 14.8 Å². The molecular weight excluding hydrogens is 332 g/mol. The van der Waals surface area contributed by atoms with Crippen LogP contribution in [0.4, 0.5) is 5.69 Å². The van der Waals surface area contributed by atoms with Crippen molar-refractivity contribution >= 4 is 23.4 Å². The highest BCUT2D eigenvalue weighted by Crippen LogP contribution is 2.17. The van der Waals surface area contributed by atoms with Crippen molar-refractivity contribution in [3.63, 3.8) is 0 Å². The van der Waals surface area contributed by atoms with E-state index in [9.17, 15) is 9.59 Å². The van der Waals surface area contributed by atoms with Crippen LogP contribution in [0.5, 0.6) is 5.75 Å². The van der Waals surface area contributed by atoms with Crippen LogP contribution in [0.15, 0.2) is 34.2 Å². The number of ether oxygens (including phenoxy) is 2. The summed E-state index contributed by atoms with van der Waals surface area (Å²) in [6, 6.07) is 7.06. The quantitative estimate of drug-likeness (QED) is 0.522. The number of methoxy groups -OCH3 is 2. The average molecular weight is 352 g/mol. The minimum Gasteiger partial charge on any atom is -0.497 e. The molecule has 1 aromatic heterocycles. The predicted molar refractivity (Wildman–Crippen MR) is 91.7 cm³/mol. The van der Waals surface area contributed by atoms with Crippen molar-refractivity contribution in [3.05, 3.63) is 34.7 Å². The number of hydrogen-bond donors (Lipinski definition) is 2. The van der Waals surface area contributed by atoms with Crippen LogP contribution >= 0.6 is 11.8 Å². The highest BCUT2D eigenvalue weighted by Gasteiger charge is 2.11. The smallest absolute Gasteiger partial charge is 0.343 e. The zero-order valence-electron chi connectivity index (χ0n) is 13.6. The van der Waals surface area contributed by atoms with E-state index in [2.05, 4.69) is 15.5 Å². The SMILES string of the molecule is COCCCn1c(SCC(=O)Nc2ccc(OC)cc2)n[nH]c1=O. The molecule has 1 heterocycles. The van der Waals surface area contributed by atoms with E-state index in [-0.39, 0.29) is 17.3 Å². The van der Waals surface area contributed by atoms with Gasteiger partial charge in [0.05, 0.1) is 12.9 Å². The number of carbonyl (C=O) groups is 1. The molecule has 0 bridgehead atoms. The largest absolute Gasteiger partial charge is 0.497 e. The van der Waals surface area contributed by atoms with Crippen LogP contribution in [0.1, 0.15) is 6.42 Å². The lowest BCUT2D eigenvalue weighted by Gasteiger charge is -2.07. The lowest BCUT2D eigenvalue weighted by atomic mass is 10.3. The van der Waals surface area contributed by atoms with E-state index < -0.39 is 0 Å². The molecule has 0 radical (unpaired) electrons. The van der Waals surface area contributed by atoms with Crippen molar-refractivity contribution in [2.45, 2.75) is 18.1 Å². The summed E-state index contributed by atoms with van der Waals surface area (Å²) in [5.41, 5.74) is 0.394. The number of nitrogens with one attached hydrogen (secondary N) is 2. The minimum atomic E-state index is -0.288. The summed E-state index contributed by atoms with van der Waals surface area (Å²) in [5, 5.41) is 9.62. The maximum absolute atomic E-state index is 12.0. The molecule has 2 rings (SSSR count). The van der Waals surface area contributed by atoms with Crippen molar-refractivity contribution in [1.29, 1.82) is 0 Å².